The highest BCUT2D eigenvalue weighted by Crippen LogP contribution is 1.94. The number of carboxylic acids is 1. The minimum absolute atomic E-state index is 0.00484. The largest absolute Gasteiger partial charge is 0.481 e. The average molecular weight is 268 g/mol. The van der Waals surface area contributed by atoms with Crippen LogP contribution in [0.3, 0.4) is 0 Å². The number of carboxylic acid groups (broad SMARTS) is 1. The summed E-state index contributed by atoms with van der Waals surface area (Å²) in [7, 11) is 1.52. The van der Waals surface area contributed by atoms with Crippen molar-refractivity contribution in [2.75, 3.05) is 33.4 Å². The maximum absolute atomic E-state index is 11.7. The predicted octanol–water partition coefficient (Wildman–Crippen LogP) is 0.774. The molecule has 0 unspecified atom stereocenters. The van der Waals surface area contributed by atoms with E-state index in [-0.39, 0.29) is 25.6 Å². The van der Waals surface area contributed by atoms with Gasteiger partial charge in [-0.3, -0.25) is 4.79 Å². The molecule has 0 aliphatic heterocycles. The smallest absolute Gasteiger partial charge is 0.317 e. The van der Waals surface area contributed by atoms with Gasteiger partial charge in [0, 0.05) is 26.6 Å². The van der Waals surface area contributed by atoms with Gasteiger partial charge in [-0.2, -0.15) is 0 Å². The molecule has 18 heavy (non-hydrogen) atoms. The highest BCUT2D eigenvalue weighted by Gasteiger charge is 2.08. The van der Waals surface area contributed by atoms with E-state index in [4.69, 9.17) is 5.11 Å². The Labute approximate surface area is 104 Å². The number of urea groups is 1. The van der Waals surface area contributed by atoms with Gasteiger partial charge >= 0.3 is 12.0 Å². The number of amides is 2. The zero-order valence-corrected chi connectivity index (χ0v) is 10.2. The molecular weight excluding hydrogens is 250 g/mol. The van der Waals surface area contributed by atoms with E-state index in [1.807, 2.05) is 0 Å². The molecule has 2 amide bonds. The molecule has 106 valence electrons. The molecule has 0 saturated heterocycles. The van der Waals surface area contributed by atoms with Crippen LogP contribution < -0.4 is 5.32 Å². The molecule has 0 bridgehead atoms. The Morgan fingerprint density at radius 2 is 2.11 bits per heavy atom. The number of alkyl halides is 2. The summed E-state index contributed by atoms with van der Waals surface area (Å²) in [5, 5.41) is 10.9. The van der Waals surface area contributed by atoms with Gasteiger partial charge in [-0.05, 0) is 6.42 Å². The van der Waals surface area contributed by atoms with Crippen LogP contribution in [-0.2, 0) is 9.53 Å². The number of nitrogens with one attached hydrogen (secondary N) is 1. The van der Waals surface area contributed by atoms with E-state index >= 15 is 0 Å². The fourth-order valence-corrected chi connectivity index (χ4v) is 1.11. The Balaban J connectivity index is 3.53. The maximum atomic E-state index is 11.7. The number of halogens is 2. The summed E-state index contributed by atoms with van der Waals surface area (Å²) in [5.41, 5.74) is 0. The fraction of sp³-hybridized carbons (Fsp3) is 0.800. The molecule has 0 aliphatic rings. The predicted molar refractivity (Wildman–Crippen MR) is 59.7 cm³/mol. The molecule has 0 radical (unpaired) electrons. The average Bonchev–Trinajstić information content (AvgIpc) is 2.27. The molecule has 2 N–H and O–H groups in total. The topological polar surface area (TPSA) is 78.9 Å². The minimum Gasteiger partial charge on any atom is -0.481 e. The third kappa shape index (κ3) is 9.76. The summed E-state index contributed by atoms with van der Waals surface area (Å²) in [6.07, 6.45) is -2.16. The first kappa shape index (κ1) is 16.6. The molecule has 0 aromatic rings. The fourth-order valence-electron chi connectivity index (χ4n) is 1.11. The van der Waals surface area contributed by atoms with Gasteiger partial charge < -0.3 is 20.1 Å². The lowest BCUT2D eigenvalue weighted by Gasteiger charge is -2.17. The second-order valence-electron chi connectivity index (χ2n) is 3.62. The van der Waals surface area contributed by atoms with Crippen molar-refractivity contribution >= 4 is 12.0 Å². The first-order valence-electron chi connectivity index (χ1n) is 5.50. The van der Waals surface area contributed by atoms with Crippen molar-refractivity contribution in [3.8, 4) is 0 Å². The van der Waals surface area contributed by atoms with Crippen molar-refractivity contribution in [2.45, 2.75) is 19.3 Å². The molecule has 8 heteroatoms. The van der Waals surface area contributed by atoms with Crippen LogP contribution >= 0.6 is 0 Å². The lowest BCUT2D eigenvalue weighted by Crippen LogP contribution is -2.39. The van der Waals surface area contributed by atoms with Crippen molar-refractivity contribution in [3.05, 3.63) is 0 Å². The molecule has 0 spiro atoms. The SMILES string of the molecule is CN(CCCC(=O)O)C(=O)NCCOCC(F)F. The maximum Gasteiger partial charge on any atom is 0.317 e. The number of aliphatic carboxylic acids is 1. The zero-order valence-electron chi connectivity index (χ0n) is 10.2. The van der Waals surface area contributed by atoms with Crippen molar-refractivity contribution in [1.82, 2.24) is 10.2 Å². The normalized spacial score (nSPS) is 10.4. The quantitative estimate of drug-likeness (QED) is 0.605. The Bertz CT molecular complexity index is 264. The lowest BCUT2D eigenvalue weighted by atomic mass is 10.3. The summed E-state index contributed by atoms with van der Waals surface area (Å²) in [4.78, 5) is 23.0. The number of hydrogen-bond donors (Lipinski definition) is 2. The van der Waals surface area contributed by atoms with Crippen molar-refractivity contribution in [1.29, 1.82) is 0 Å². The van der Waals surface area contributed by atoms with Gasteiger partial charge in [0.2, 0.25) is 0 Å². The van der Waals surface area contributed by atoms with Crippen LogP contribution in [-0.4, -0.2) is 61.8 Å². The number of hydrogen-bond acceptors (Lipinski definition) is 3. The molecule has 0 saturated carbocycles. The van der Waals surface area contributed by atoms with E-state index in [1.54, 1.807) is 0 Å². The van der Waals surface area contributed by atoms with E-state index in [0.29, 0.717) is 13.0 Å². The molecule has 0 fully saturated rings. The number of carbonyl (C=O) groups excluding carboxylic acids is 1. The molecule has 0 heterocycles. The highest BCUT2D eigenvalue weighted by molar-refractivity contribution is 5.73. The van der Waals surface area contributed by atoms with Gasteiger partial charge in [0.15, 0.2) is 0 Å². The molecule has 0 aromatic heterocycles. The second-order valence-corrected chi connectivity index (χ2v) is 3.62. The summed E-state index contributed by atoms with van der Waals surface area (Å²) < 4.78 is 27.9. The van der Waals surface area contributed by atoms with Crippen LogP contribution in [0.5, 0.6) is 0 Å². The van der Waals surface area contributed by atoms with Gasteiger partial charge in [0.25, 0.3) is 6.43 Å². The highest BCUT2D eigenvalue weighted by atomic mass is 19.3. The summed E-state index contributed by atoms with van der Waals surface area (Å²) in [6, 6.07) is -0.388. The van der Waals surface area contributed by atoms with Crippen LogP contribution in [0, 0.1) is 0 Å². The van der Waals surface area contributed by atoms with Crippen LogP contribution in [0.15, 0.2) is 0 Å². The first-order valence-corrected chi connectivity index (χ1v) is 5.50. The molecular formula is C10H18F2N2O4. The van der Waals surface area contributed by atoms with Gasteiger partial charge in [-0.25, -0.2) is 13.6 Å². The van der Waals surface area contributed by atoms with E-state index in [2.05, 4.69) is 10.1 Å². The molecule has 0 aliphatic carbocycles. The first-order chi connectivity index (χ1) is 8.43. The van der Waals surface area contributed by atoms with Crippen LogP contribution in [0.2, 0.25) is 0 Å². The number of rotatable bonds is 9. The van der Waals surface area contributed by atoms with Crippen molar-refractivity contribution in [2.24, 2.45) is 0 Å². The Morgan fingerprint density at radius 3 is 2.67 bits per heavy atom. The number of nitrogens with zero attached hydrogens (tertiary/aromatic N) is 1. The van der Waals surface area contributed by atoms with Crippen LogP contribution in [0.4, 0.5) is 13.6 Å². The van der Waals surface area contributed by atoms with Gasteiger partial charge in [0.05, 0.1) is 6.61 Å². The Kier molecular flexibility index (Phi) is 8.81. The van der Waals surface area contributed by atoms with E-state index in [9.17, 15) is 18.4 Å². The second kappa shape index (κ2) is 9.58. The number of carbonyl (C=O) groups is 2. The minimum atomic E-state index is -2.51. The van der Waals surface area contributed by atoms with E-state index in [1.165, 1.54) is 11.9 Å². The van der Waals surface area contributed by atoms with Gasteiger partial charge in [-0.1, -0.05) is 0 Å². The Morgan fingerprint density at radius 1 is 1.44 bits per heavy atom. The summed E-state index contributed by atoms with van der Waals surface area (Å²) >= 11 is 0. The third-order valence-electron chi connectivity index (χ3n) is 2.00. The van der Waals surface area contributed by atoms with Crippen LogP contribution in [0.1, 0.15) is 12.8 Å². The van der Waals surface area contributed by atoms with E-state index < -0.39 is 19.0 Å². The molecule has 0 aromatic carbocycles. The summed E-state index contributed by atoms with van der Waals surface area (Å²) in [6.45, 7) is -0.186. The molecule has 0 rings (SSSR count). The lowest BCUT2D eigenvalue weighted by molar-refractivity contribution is -0.137. The van der Waals surface area contributed by atoms with E-state index in [0.717, 1.165) is 0 Å². The van der Waals surface area contributed by atoms with Gasteiger partial charge in [0.1, 0.15) is 6.61 Å². The molecule has 6 nitrogen and oxygen atoms in total. The van der Waals surface area contributed by atoms with Crippen molar-refractivity contribution < 1.29 is 28.2 Å². The standard InChI is InChI=1S/C10H18F2N2O4/c1-14(5-2-3-9(15)16)10(17)13-4-6-18-7-8(11)12/h8H,2-7H2,1H3,(H,13,17)(H,15,16). The third-order valence-corrected chi connectivity index (χ3v) is 2.00. The monoisotopic (exact) mass is 268 g/mol. The van der Waals surface area contributed by atoms with Crippen molar-refractivity contribution in [3.63, 3.8) is 0 Å². The Hall–Kier alpha value is -1.44. The molecule has 0 atom stereocenters. The summed E-state index contributed by atoms with van der Waals surface area (Å²) in [5.74, 6) is -0.913. The van der Waals surface area contributed by atoms with Crippen LogP contribution in [0.25, 0.3) is 0 Å². The zero-order chi connectivity index (χ0) is 14.0. The number of ether oxygens (including phenoxy) is 1. The van der Waals surface area contributed by atoms with Gasteiger partial charge in [-0.15, -0.1) is 0 Å².